The van der Waals surface area contributed by atoms with E-state index in [9.17, 15) is 0 Å². The molecule has 4 heteroatoms. The zero-order valence-electron chi connectivity index (χ0n) is 10.5. The summed E-state index contributed by atoms with van der Waals surface area (Å²) in [5, 5.41) is 0. The third kappa shape index (κ3) is 4.18. The average Bonchev–Trinajstić information content (AvgIpc) is 2.32. The number of hydrogen-bond acceptors (Lipinski definition) is 1. The number of nitrogens with two attached hydrogens (primary N) is 2. The summed E-state index contributed by atoms with van der Waals surface area (Å²) in [5.41, 5.74) is 12.2. The Bertz CT molecular complexity index is 341. The first kappa shape index (κ1) is 16.2. The summed E-state index contributed by atoms with van der Waals surface area (Å²) < 4.78 is 0. The number of guanidine groups is 1. The molecule has 4 N–H and O–H groups in total. The minimum absolute atomic E-state index is 0. The van der Waals surface area contributed by atoms with E-state index in [1.165, 1.54) is 5.56 Å². The maximum absolute atomic E-state index is 5.41. The Kier molecular flexibility index (Phi) is 7.18. The lowest BCUT2D eigenvalue weighted by Gasteiger charge is -2.30. The Morgan fingerprint density at radius 2 is 1.65 bits per heavy atom. The number of nitrogens with zero attached hydrogens (tertiary/aromatic N) is 1. The van der Waals surface area contributed by atoms with Crippen LogP contribution in [0, 0.1) is 0 Å². The van der Waals surface area contributed by atoms with E-state index in [-0.39, 0.29) is 35.4 Å². The second-order valence-corrected chi connectivity index (χ2v) is 4.09. The van der Waals surface area contributed by atoms with E-state index in [1.54, 1.807) is 0 Å². The monoisotopic (exact) mass is 347 g/mol. The van der Waals surface area contributed by atoms with Gasteiger partial charge in [0, 0.05) is 5.41 Å². The molecule has 0 aromatic heterocycles. The number of rotatable bonds is 5. The molecule has 0 aliphatic rings. The number of halogens is 1. The van der Waals surface area contributed by atoms with Crippen LogP contribution in [0.25, 0.3) is 0 Å². The topological polar surface area (TPSA) is 64.4 Å². The van der Waals surface area contributed by atoms with E-state index in [2.05, 4.69) is 43.1 Å². The predicted molar refractivity (Wildman–Crippen MR) is 84.8 cm³/mol. The van der Waals surface area contributed by atoms with Gasteiger partial charge in [0.15, 0.2) is 5.96 Å². The minimum Gasteiger partial charge on any atom is -0.370 e. The first-order chi connectivity index (χ1) is 7.64. The van der Waals surface area contributed by atoms with Gasteiger partial charge in [0.05, 0.1) is 6.54 Å². The van der Waals surface area contributed by atoms with Crippen molar-refractivity contribution in [2.24, 2.45) is 16.5 Å². The molecule has 0 unspecified atom stereocenters. The van der Waals surface area contributed by atoms with Crippen LogP contribution < -0.4 is 11.5 Å². The highest BCUT2D eigenvalue weighted by molar-refractivity contribution is 14.0. The van der Waals surface area contributed by atoms with Crippen molar-refractivity contribution in [1.82, 2.24) is 0 Å². The van der Waals surface area contributed by atoms with Crippen LogP contribution in [0.3, 0.4) is 0 Å². The lowest BCUT2D eigenvalue weighted by Crippen LogP contribution is -2.31. The van der Waals surface area contributed by atoms with Gasteiger partial charge in [-0.2, -0.15) is 0 Å². The number of benzene rings is 1. The number of hydrogen-bond donors (Lipinski definition) is 2. The molecule has 0 amide bonds. The lowest BCUT2D eigenvalue weighted by atomic mass is 9.76. The van der Waals surface area contributed by atoms with Gasteiger partial charge < -0.3 is 11.5 Å². The molecule has 0 saturated heterocycles. The van der Waals surface area contributed by atoms with E-state index < -0.39 is 0 Å². The van der Waals surface area contributed by atoms with Crippen molar-refractivity contribution >= 4 is 29.9 Å². The van der Waals surface area contributed by atoms with E-state index in [0.717, 1.165) is 12.8 Å². The van der Waals surface area contributed by atoms with Crippen molar-refractivity contribution < 1.29 is 0 Å². The van der Waals surface area contributed by atoms with Crippen LogP contribution in [0.4, 0.5) is 0 Å². The van der Waals surface area contributed by atoms with Crippen molar-refractivity contribution in [3.8, 4) is 0 Å². The highest BCUT2D eigenvalue weighted by atomic mass is 127. The highest BCUT2D eigenvalue weighted by Gasteiger charge is 2.27. The SMILES string of the molecule is CCC(CC)(CN=C(N)N)c1ccccc1.I. The molecular weight excluding hydrogens is 325 g/mol. The van der Waals surface area contributed by atoms with Crippen molar-refractivity contribution in [2.75, 3.05) is 6.54 Å². The molecule has 3 nitrogen and oxygen atoms in total. The van der Waals surface area contributed by atoms with Gasteiger partial charge in [-0.15, -0.1) is 24.0 Å². The molecular formula is C13H22IN3. The molecule has 0 atom stereocenters. The summed E-state index contributed by atoms with van der Waals surface area (Å²) >= 11 is 0. The van der Waals surface area contributed by atoms with Gasteiger partial charge in [-0.1, -0.05) is 44.2 Å². The van der Waals surface area contributed by atoms with E-state index in [0.29, 0.717) is 6.54 Å². The molecule has 0 aliphatic heterocycles. The Morgan fingerprint density at radius 1 is 1.12 bits per heavy atom. The first-order valence-electron chi connectivity index (χ1n) is 5.75. The predicted octanol–water partition coefficient (Wildman–Crippen LogP) is 2.64. The molecule has 0 saturated carbocycles. The van der Waals surface area contributed by atoms with Crippen molar-refractivity contribution in [3.63, 3.8) is 0 Å². The number of aliphatic imine (C=N–C) groups is 1. The molecule has 0 heterocycles. The Hall–Kier alpha value is -0.780. The second kappa shape index (κ2) is 7.53. The molecule has 0 fully saturated rings. The maximum atomic E-state index is 5.41. The Morgan fingerprint density at radius 3 is 2.06 bits per heavy atom. The largest absolute Gasteiger partial charge is 0.370 e. The summed E-state index contributed by atoms with van der Waals surface area (Å²) in [5.74, 6) is 0.169. The normalized spacial score (nSPS) is 10.5. The molecule has 0 bridgehead atoms. The van der Waals surface area contributed by atoms with Crippen LogP contribution >= 0.6 is 24.0 Å². The smallest absolute Gasteiger partial charge is 0.185 e. The Balaban J connectivity index is 0.00000256. The van der Waals surface area contributed by atoms with E-state index >= 15 is 0 Å². The quantitative estimate of drug-likeness (QED) is 0.489. The van der Waals surface area contributed by atoms with Crippen LogP contribution in [0.5, 0.6) is 0 Å². The molecule has 1 aromatic rings. The molecule has 0 aliphatic carbocycles. The van der Waals surface area contributed by atoms with E-state index in [4.69, 9.17) is 11.5 Å². The molecule has 96 valence electrons. The maximum Gasteiger partial charge on any atom is 0.185 e. The van der Waals surface area contributed by atoms with Crippen LogP contribution in [0.2, 0.25) is 0 Å². The van der Waals surface area contributed by atoms with Gasteiger partial charge in [0.1, 0.15) is 0 Å². The molecule has 0 radical (unpaired) electrons. The summed E-state index contributed by atoms with van der Waals surface area (Å²) in [4.78, 5) is 4.19. The Labute approximate surface area is 121 Å². The van der Waals surface area contributed by atoms with Crippen LogP contribution in [-0.4, -0.2) is 12.5 Å². The van der Waals surface area contributed by atoms with E-state index in [1.807, 2.05) is 6.07 Å². The third-order valence-corrected chi connectivity index (χ3v) is 3.30. The van der Waals surface area contributed by atoms with Gasteiger partial charge in [0.25, 0.3) is 0 Å². The molecule has 0 spiro atoms. The standard InChI is InChI=1S/C13H21N3.HI/c1-3-13(4-2,10-16-12(14)15)11-8-6-5-7-9-11;/h5-9H,3-4,10H2,1-2H3,(H4,14,15,16);1H. The minimum atomic E-state index is 0. The molecule has 1 aromatic carbocycles. The van der Waals surface area contributed by atoms with Crippen LogP contribution in [0.15, 0.2) is 35.3 Å². The lowest BCUT2D eigenvalue weighted by molar-refractivity contribution is 0.408. The van der Waals surface area contributed by atoms with Gasteiger partial charge >= 0.3 is 0 Å². The fourth-order valence-electron chi connectivity index (χ4n) is 2.01. The highest BCUT2D eigenvalue weighted by Crippen LogP contribution is 2.31. The zero-order chi connectivity index (χ0) is 12.0. The van der Waals surface area contributed by atoms with Gasteiger partial charge in [-0.3, -0.25) is 4.99 Å². The van der Waals surface area contributed by atoms with Crippen molar-refractivity contribution in [3.05, 3.63) is 35.9 Å². The summed E-state index contributed by atoms with van der Waals surface area (Å²) in [6, 6.07) is 10.4. The van der Waals surface area contributed by atoms with Gasteiger partial charge in [0.2, 0.25) is 0 Å². The first-order valence-corrected chi connectivity index (χ1v) is 5.75. The van der Waals surface area contributed by atoms with Crippen molar-refractivity contribution in [1.29, 1.82) is 0 Å². The van der Waals surface area contributed by atoms with Crippen LogP contribution in [-0.2, 0) is 5.41 Å². The van der Waals surface area contributed by atoms with Crippen LogP contribution in [0.1, 0.15) is 32.3 Å². The average molecular weight is 347 g/mol. The molecule has 1 rings (SSSR count). The van der Waals surface area contributed by atoms with Crippen molar-refractivity contribution in [2.45, 2.75) is 32.1 Å². The van der Waals surface area contributed by atoms with Gasteiger partial charge in [-0.05, 0) is 18.4 Å². The fourth-order valence-corrected chi connectivity index (χ4v) is 2.01. The van der Waals surface area contributed by atoms with Gasteiger partial charge in [-0.25, -0.2) is 0 Å². The molecule has 17 heavy (non-hydrogen) atoms. The zero-order valence-corrected chi connectivity index (χ0v) is 12.8. The third-order valence-electron chi connectivity index (χ3n) is 3.30. The second-order valence-electron chi connectivity index (χ2n) is 4.09. The summed E-state index contributed by atoms with van der Waals surface area (Å²) in [6.07, 6.45) is 2.06. The fraction of sp³-hybridized carbons (Fsp3) is 0.462. The summed E-state index contributed by atoms with van der Waals surface area (Å²) in [7, 11) is 0. The summed E-state index contributed by atoms with van der Waals surface area (Å²) in [6.45, 7) is 5.02.